The molecular formula is C15H10BrNO4. The number of aromatic nitrogens is 1. The number of oxazole rings is 1. The molecule has 0 saturated carbocycles. The van der Waals surface area contributed by atoms with Gasteiger partial charge in [0.15, 0.2) is 5.58 Å². The Kier molecular flexibility index (Phi) is 3.39. The van der Waals surface area contributed by atoms with Gasteiger partial charge in [-0.25, -0.2) is 4.79 Å². The molecule has 0 aliphatic rings. The third kappa shape index (κ3) is 2.75. The minimum absolute atomic E-state index is 0.0780. The molecule has 5 nitrogen and oxygen atoms in total. The van der Waals surface area contributed by atoms with E-state index in [9.17, 15) is 4.79 Å². The van der Waals surface area contributed by atoms with E-state index in [1.165, 1.54) is 12.1 Å². The number of carboxylic acid groups (broad SMARTS) is 1. The molecule has 0 radical (unpaired) electrons. The highest BCUT2D eigenvalue weighted by Gasteiger charge is 2.11. The van der Waals surface area contributed by atoms with E-state index in [-0.39, 0.29) is 11.6 Å². The number of carbonyl (C=O) groups is 1. The molecule has 1 aromatic heterocycles. The fraction of sp³-hybridized carbons (Fsp3) is 0.0667. The predicted molar refractivity (Wildman–Crippen MR) is 79.9 cm³/mol. The summed E-state index contributed by atoms with van der Waals surface area (Å²) in [7, 11) is 0. The summed E-state index contributed by atoms with van der Waals surface area (Å²) < 4.78 is 12.0. The molecule has 106 valence electrons. The van der Waals surface area contributed by atoms with Crippen molar-refractivity contribution < 1.29 is 19.1 Å². The third-order valence-corrected chi connectivity index (χ3v) is 3.84. The van der Waals surface area contributed by atoms with E-state index in [1.807, 2.05) is 19.1 Å². The number of rotatable bonds is 3. The summed E-state index contributed by atoms with van der Waals surface area (Å²) in [5.41, 5.74) is 2.09. The zero-order chi connectivity index (χ0) is 15.0. The fourth-order valence-corrected chi connectivity index (χ4v) is 2.11. The maximum Gasteiger partial charge on any atom is 0.400 e. The Hall–Kier alpha value is -2.34. The Balaban J connectivity index is 1.93. The molecule has 6 heteroatoms. The normalized spacial score (nSPS) is 10.8. The fourth-order valence-electron chi connectivity index (χ4n) is 1.86. The molecule has 0 bridgehead atoms. The maximum atomic E-state index is 10.9. The minimum Gasteiger partial charge on any atom is -0.478 e. The lowest BCUT2D eigenvalue weighted by Crippen LogP contribution is -1.94. The van der Waals surface area contributed by atoms with E-state index in [0.717, 1.165) is 10.0 Å². The number of aromatic carboxylic acids is 1. The number of benzene rings is 2. The molecule has 3 aromatic rings. The number of hydrogen-bond acceptors (Lipinski definition) is 4. The molecule has 0 fully saturated rings. The van der Waals surface area contributed by atoms with Crippen LogP contribution in [0.5, 0.6) is 11.8 Å². The van der Waals surface area contributed by atoms with Crippen molar-refractivity contribution in [3.63, 3.8) is 0 Å². The molecule has 0 aliphatic heterocycles. The first-order valence-corrected chi connectivity index (χ1v) is 6.90. The van der Waals surface area contributed by atoms with Crippen LogP contribution in [0.4, 0.5) is 0 Å². The Morgan fingerprint density at radius 2 is 2.10 bits per heavy atom. The summed E-state index contributed by atoms with van der Waals surface area (Å²) in [4.78, 5) is 15.1. The van der Waals surface area contributed by atoms with Crippen LogP contribution in [0.15, 0.2) is 45.3 Å². The second kappa shape index (κ2) is 5.21. The first kappa shape index (κ1) is 13.6. The van der Waals surface area contributed by atoms with Gasteiger partial charge in [-0.2, -0.15) is 4.98 Å². The SMILES string of the molecule is Cc1cc(Oc2nc3ccc(C(=O)O)cc3o2)ccc1Br. The van der Waals surface area contributed by atoms with Gasteiger partial charge < -0.3 is 14.3 Å². The van der Waals surface area contributed by atoms with E-state index < -0.39 is 5.97 Å². The predicted octanol–water partition coefficient (Wildman–Crippen LogP) is 4.39. The number of ether oxygens (including phenoxy) is 1. The molecule has 0 saturated heterocycles. The average molecular weight is 348 g/mol. The Morgan fingerprint density at radius 1 is 1.29 bits per heavy atom. The molecule has 0 amide bonds. The molecule has 1 N–H and O–H groups in total. The number of halogens is 1. The van der Waals surface area contributed by atoms with Gasteiger partial charge in [0.25, 0.3) is 0 Å². The number of hydrogen-bond donors (Lipinski definition) is 1. The van der Waals surface area contributed by atoms with Crippen LogP contribution in [-0.4, -0.2) is 16.1 Å². The van der Waals surface area contributed by atoms with Crippen LogP contribution in [0.2, 0.25) is 0 Å². The largest absolute Gasteiger partial charge is 0.478 e. The van der Waals surface area contributed by atoms with Gasteiger partial charge in [-0.3, -0.25) is 0 Å². The van der Waals surface area contributed by atoms with E-state index in [2.05, 4.69) is 20.9 Å². The summed E-state index contributed by atoms with van der Waals surface area (Å²) in [6.07, 6.45) is 0.0780. The molecule has 0 unspecified atom stereocenters. The molecule has 0 spiro atoms. The summed E-state index contributed by atoms with van der Waals surface area (Å²) in [5, 5.41) is 8.95. The monoisotopic (exact) mass is 347 g/mol. The topological polar surface area (TPSA) is 72.6 Å². The van der Waals surface area contributed by atoms with E-state index in [1.54, 1.807) is 12.1 Å². The molecule has 2 aromatic carbocycles. The van der Waals surface area contributed by atoms with Crippen LogP contribution in [0.1, 0.15) is 15.9 Å². The van der Waals surface area contributed by atoms with Crippen molar-refractivity contribution in [1.29, 1.82) is 0 Å². The van der Waals surface area contributed by atoms with Crippen LogP contribution in [0.25, 0.3) is 11.1 Å². The average Bonchev–Trinajstić information content (AvgIpc) is 2.84. The highest BCUT2D eigenvalue weighted by Crippen LogP contribution is 2.28. The highest BCUT2D eigenvalue weighted by atomic mass is 79.9. The molecule has 21 heavy (non-hydrogen) atoms. The van der Waals surface area contributed by atoms with Crippen molar-refractivity contribution in [3.05, 3.63) is 52.0 Å². The van der Waals surface area contributed by atoms with Gasteiger partial charge >= 0.3 is 12.0 Å². The molecular weight excluding hydrogens is 338 g/mol. The lowest BCUT2D eigenvalue weighted by atomic mass is 10.2. The first-order chi connectivity index (χ1) is 10.0. The van der Waals surface area contributed by atoms with Gasteiger partial charge in [0, 0.05) is 4.47 Å². The van der Waals surface area contributed by atoms with Crippen LogP contribution < -0.4 is 4.74 Å². The van der Waals surface area contributed by atoms with Gasteiger partial charge in [0.1, 0.15) is 11.3 Å². The summed E-state index contributed by atoms with van der Waals surface area (Å²) in [6.45, 7) is 1.95. The lowest BCUT2D eigenvalue weighted by molar-refractivity contribution is 0.0697. The standard InChI is InChI=1S/C15H10BrNO4/c1-8-6-10(3-4-11(8)16)20-15-17-12-5-2-9(14(18)19)7-13(12)21-15/h2-7H,1H3,(H,18,19). The zero-order valence-electron chi connectivity index (χ0n) is 11.0. The Labute approximate surface area is 128 Å². The maximum absolute atomic E-state index is 10.9. The quantitative estimate of drug-likeness (QED) is 0.760. The molecule has 3 rings (SSSR count). The molecule has 0 aliphatic carbocycles. The lowest BCUT2D eigenvalue weighted by Gasteiger charge is -2.02. The summed E-state index contributed by atoms with van der Waals surface area (Å²) >= 11 is 3.41. The number of nitrogens with zero attached hydrogens (tertiary/aromatic N) is 1. The summed E-state index contributed by atoms with van der Waals surface area (Å²) in [5.74, 6) is -0.417. The van der Waals surface area contributed by atoms with Crippen molar-refractivity contribution in [3.8, 4) is 11.8 Å². The third-order valence-electron chi connectivity index (χ3n) is 2.95. The smallest absolute Gasteiger partial charge is 0.400 e. The minimum atomic E-state index is -1.01. The van der Waals surface area contributed by atoms with Crippen molar-refractivity contribution in [2.45, 2.75) is 6.92 Å². The van der Waals surface area contributed by atoms with Crippen LogP contribution >= 0.6 is 15.9 Å². The molecule has 0 atom stereocenters. The van der Waals surface area contributed by atoms with Gasteiger partial charge in [-0.05, 0) is 48.9 Å². The second-order valence-electron chi connectivity index (χ2n) is 4.48. The first-order valence-electron chi connectivity index (χ1n) is 6.11. The molecule has 1 heterocycles. The zero-order valence-corrected chi connectivity index (χ0v) is 12.5. The second-order valence-corrected chi connectivity index (χ2v) is 5.33. The van der Waals surface area contributed by atoms with Crippen molar-refractivity contribution in [2.24, 2.45) is 0 Å². The Bertz CT molecular complexity index is 841. The Morgan fingerprint density at radius 3 is 2.81 bits per heavy atom. The van der Waals surface area contributed by atoms with Gasteiger partial charge in [-0.15, -0.1) is 0 Å². The van der Waals surface area contributed by atoms with E-state index in [4.69, 9.17) is 14.3 Å². The number of fused-ring (bicyclic) bond motifs is 1. The number of aryl methyl sites for hydroxylation is 1. The van der Waals surface area contributed by atoms with Crippen LogP contribution in [-0.2, 0) is 0 Å². The van der Waals surface area contributed by atoms with E-state index in [0.29, 0.717) is 16.8 Å². The van der Waals surface area contributed by atoms with Crippen LogP contribution in [0, 0.1) is 6.92 Å². The number of carboxylic acids is 1. The van der Waals surface area contributed by atoms with Crippen LogP contribution in [0.3, 0.4) is 0 Å². The highest BCUT2D eigenvalue weighted by molar-refractivity contribution is 9.10. The van der Waals surface area contributed by atoms with Gasteiger partial charge in [-0.1, -0.05) is 15.9 Å². The van der Waals surface area contributed by atoms with Gasteiger partial charge in [0.2, 0.25) is 0 Å². The van der Waals surface area contributed by atoms with Gasteiger partial charge in [0.05, 0.1) is 5.56 Å². The summed E-state index contributed by atoms with van der Waals surface area (Å²) in [6, 6.07) is 9.99. The van der Waals surface area contributed by atoms with Crippen molar-refractivity contribution in [1.82, 2.24) is 4.98 Å². The van der Waals surface area contributed by atoms with Crippen molar-refractivity contribution in [2.75, 3.05) is 0 Å². The van der Waals surface area contributed by atoms with E-state index >= 15 is 0 Å². The van der Waals surface area contributed by atoms with Crippen molar-refractivity contribution >= 4 is 33.0 Å².